The van der Waals surface area contributed by atoms with Crippen molar-refractivity contribution in [1.29, 1.82) is 0 Å². The van der Waals surface area contributed by atoms with E-state index in [1.165, 1.54) is 18.2 Å². The number of phenolic OH excluding ortho intramolecular Hbond substituents is 2. The van der Waals surface area contributed by atoms with E-state index >= 15 is 0 Å². The molecule has 0 aliphatic rings. The lowest BCUT2D eigenvalue weighted by atomic mass is 10.2. The van der Waals surface area contributed by atoms with Gasteiger partial charge in [-0.15, -0.1) is 0 Å². The zero-order valence-electron chi connectivity index (χ0n) is 8.45. The molecule has 1 aromatic rings. The fraction of sp³-hybridized carbons (Fsp3) is 0.182. The Balaban J connectivity index is 2.74. The van der Waals surface area contributed by atoms with Gasteiger partial charge >= 0.3 is 0 Å². The van der Waals surface area contributed by atoms with Crippen LogP contribution in [0, 0.1) is 0 Å². The molecule has 0 atom stereocenters. The van der Waals surface area contributed by atoms with Crippen LogP contribution in [0.25, 0.3) is 0 Å². The van der Waals surface area contributed by atoms with Crippen molar-refractivity contribution in [1.82, 2.24) is 5.32 Å². The summed E-state index contributed by atoms with van der Waals surface area (Å²) in [5.74, 6) is -0.863. The fourth-order valence-corrected chi connectivity index (χ4v) is 0.998. The summed E-state index contributed by atoms with van der Waals surface area (Å²) in [5, 5.41) is 20.8. The highest BCUT2D eigenvalue weighted by atomic mass is 16.3. The summed E-state index contributed by atoms with van der Waals surface area (Å²) >= 11 is 0. The topological polar surface area (TPSA) is 69.6 Å². The summed E-state index contributed by atoms with van der Waals surface area (Å²) in [4.78, 5) is 11.5. The zero-order chi connectivity index (χ0) is 11.4. The van der Waals surface area contributed by atoms with Crippen LogP contribution in [0.4, 0.5) is 0 Å². The van der Waals surface area contributed by atoms with Crippen molar-refractivity contribution in [3.05, 3.63) is 35.9 Å². The molecule has 0 unspecified atom stereocenters. The van der Waals surface area contributed by atoms with Crippen LogP contribution in [0.5, 0.6) is 11.5 Å². The molecule has 4 heteroatoms. The van der Waals surface area contributed by atoms with Gasteiger partial charge in [-0.1, -0.05) is 12.2 Å². The van der Waals surface area contributed by atoms with Gasteiger partial charge in [0.2, 0.25) is 0 Å². The number of amides is 1. The van der Waals surface area contributed by atoms with Gasteiger partial charge in [-0.25, -0.2) is 0 Å². The first-order valence-corrected chi connectivity index (χ1v) is 4.45. The maximum atomic E-state index is 11.5. The molecule has 1 rings (SSSR count). The number of hydrogen-bond acceptors (Lipinski definition) is 3. The molecular formula is C11H13NO3. The Morgan fingerprint density at radius 3 is 2.60 bits per heavy atom. The lowest BCUT2D eigenvalue weighted by Crippen LogP contribution is -2.24. The maximum Gasteiger partial charge on any atom is 0.251 e. The number of carbonyl (C=O) groups is 1. The minimum Gasteiger partial charge on any atom is -0.504 e. The van der Waals surface area contributed by atoms with Crippen molar-refractivity contribution in [2.24, 2.45) is 0 Å². The monoisotopic (exact) mass is 207 g/mol. The summed E-state index contributed by atoms with van der Waals surface area (Å²) in [5.41, 5.74) is 1.14. The molecule has 80 valence electrons. The van der Waals surface area contributed by atoms with Gasteiger partial charge in [-0.2, -0.15) is 0 Å². The first-order chi connectivity index (χ1) is 7.00. The number of hydrogen-bond donors (Lipinski definition) is 3. The van der Waals surface area contributed by atoms with Gasteiger partial charge in [-0.3, -0.25) is 4.79 Å². The van der Waals surface area contributed by atoms with Crippen molar-refractivity contribution in [3.63, 3.8) is 0 Å². The summed E-state index contributed by atoms with van der Waals surface area (Å²) in [7, 11) is 0. The summed E-state index contributed by atoms with van der Waals surface area (Å²) < 4.78 is 0. The first kappa shape index (κ1) is 11.1. The van der Waals surface area contributed by atoms with Gasteiger partial charge in [0.1, 0.15) is 0 Å². The third kappa shape index (κ3) is 3.02. The highest BCUT2D eigenvalue weighted by molar-refractivity contribution is 5.94. The van der Waals surface area contributed by atoms with Crippen molar-refractivity contribution < 1.29 is 15.0 Å². The zero-order valence-corrected chi connectivity index (χ0v) is 8.45. The first-order valence-electron chi connectivity index (χ1n) is 4.45. The van der Waals surface area contributed by atoms with Crippen LogP contribution in [0.2, 0.25) is 0 Å². The molecule has 15 heavy (non-hydrogen) atoms. The van der Waals surface area contributed by atoms with Crippen LogP contribution in [0.3, 0.4) is 0 Å². The average Bonchev–Trinajstić information content (AvgIpc) is 2.18. The van der Waals surface area contributed by atoms with Gasteiger partial charge in [0.15, 0.2) is 11.5 Å². The molecule has 4 nitrogen and oxygen atoms in total. The van der Waals surface area contributed by atoms with Crippen LogP contribution in [-0.2, 0) is 0 Å². The SMILES string of the molecule is C=C(C)CNC(=O)c1ccc(O)c(O)c1. The molecule has 0 spiro atoms. The normalized spacial score (nSPS) is 9.67. The Kier molecular flexibility index (Phi) is 3.33. The van der Waals surface area contributed by atoms with Crippen LogP contribution >= 0.6 is 0 Å². The lowest BCUT2D eigenvalue weighted by molar-refractivity contribution is 0.0956. The van der Waals surface area contributed by atoms with Crippen molar-refractivity contribution >= 4 is 5.91 Å². The molecule has 1 aromatic carbocycles. The van der Waals surface area contributed by atoms with Crippen molar-refractivity contribution in [2.75, 3.05) is 6.54 Å². The number of carbonyl (C=O) groups excluding carboxylic acids is 1. The standard InChI is InChI=1S/C11H13NO3/c1-7(2)6-12-11(15)8-3-4-9(13)10(14)5-8/h3-5,13-14H,1,6H2,2H3,(H,12,15). The Morgan fingerprint density at radius 2 is 2.07 bits per heavy atom. The number of nitrogens with one attached hydrogen (secondary N) is 1. The lowest BCUT2D eigenvalue weighted by Gasteiger charge is -2.05. The van der Waals surface area contributed by atoms with E-state index in [0.29, 0.717) is 12.1 Å². The molecule has 0 heterocycles. The molecule has 1 amide bonds. The number of benzene rings is 1. The average molecular weight is 207 g/mol. The fourth-order valence-electron chi connectivity index (χ4n) is 0.998. The summed E-state index contributed by atoms with van der Waals surface area (Å²) in [6, 6.07) is 3.91. The Labute approximate surface area is 87.9 Å². The molecule has 0 aliphatic carbocycles. The molecule has 0 saturated carbocycles. The van der Waals surface area contributed by atoms with E-state index in [1.54, 1.807) is 6.92 Å². The second kappa shape index (κ2) is 4.50. The van der Waals surface area contributed by atoms with Gasteiger partial charge < -0.3 is 15.5 Å². The van der Waals surface area contributed by atoms with Crippen molar-refractivity contribution in [3.8, 4) is 11.5 Å². The smallest absolute Gasteiger partial charge is 0.251 e. The molecule has 0 aliphatic heterocycles. The van der Waals surface area contributed by atoms with Crippen LogP contribution in [0.15, 0.2) is 30.4 Å². The Bertz CT molecular complexity index is 399. The van der Waals surface area contributed by atoms with E-state index in [1.807, 2.05) is 0 Å². The molecule has 0 fully saturated rings. The molecule has 3 N–H and O–H groups in total. The second-order valence-corrected chi connectivity index (χ2v) is 3.34. The summed E-state index contributed by atoms with van der Waals surface area (Å²) in [6.07, 6.45) is 0. The maximum absolute atomic E-state index is 11.5. The predicted molar refractivity (Wildman–Crippen MR) is 56.9 cm³/mol. The van der Waals surface area contributed by atoms with Crippen LogP contribution in [-0.4, -0.2) is 22.7 Å². The van der Waals surface area contributed by atoms with E-state index in [-0.39, 0.29) is 17.4 Å². The van der Waals surface area contributed by atoms with Gasteiger partial charge in [-0.05, 0) is 25.1 Å². The minimum atomic E-state index is -0.312. The van der Waals surface area contributed by atoms with E-state index in [2.05, 4.69) is 11.9 Å². The third-order valence-electron chi connectivity index (χ3n) is 1.79. The van der Waals surface area contributed by atoms with Gasteiger partial charge in [0.05, 0.1) is 0 Å². The molecule has 0 saturated heterocycles. The van der Waals surface area contributed by atoms with Crippen LogP contribution < -0.4 is 5.32 Å². The van der Waals surface area contributed by atoms with E-state index in [9.17, 15) is 9.90 Å². The highest BCUT2D eigenvalue weighted by Gasteiger charge is 2.07. The Hall–Kier alpha value is -1.97. The van der Waals surface area contributed by atoms with E-state index in [0.717, 1.165) is 5.57 Å². The minimum absolute atomic E-state index is 0.244. The molecule has 0 aromatic heterocycles. The highest BCUT2D eigenvalue weighted by Crippen LogP contribution is 2.24. The third-order valence-corrected chi connectivity index (χ3v) is 1.79. The largest absolute Gasteiger partial charge is 0.504 e. The quantitative estimate of drug-likeness (QED) is 0.518. The summed E-state index contributed by atoms with van der Waals surface area (Å²) in [6.45, 7) is 5.84. The molecular weight excluding hydrogens is 194 g/mol. The van der Waals surface area contributed by atoms with Crippen molar-refractivity contribution in [2.45, 2.75) is 6.92 Å². The molecule has 0 bridgehead atoms. The van der Waals surface area contributed by atoms with E-state index < -0.39 is 0 Å². The van der Waals surface area contributed by atoms with Crippen LogP contribution in [0.1, 0.15) is 17.3 Å². The number of rotatable bonds is 3. The Morgan fingerprint density at radius 1 is 1.40 bits per heavy atom. The number of phenols is 2. The van der Waals surface area contributed by atoms with E-state index in [4.69, 9.17) is 5.11 Å². The molecule has 0 radical (unpaired) electrons. The van der Waals surface area contributed by atoms with Gasteiger partial charge in [0, 0.05) is 12.1 Å². The van der Waals surface area contributed by atoms with Gasteiger partial charge in [0.25, 0.3) is 5.91 Å². The predicted octanol–water partition coefficient (Wildman–Crippen LogP) is 1.40. The second-order valence-electron chi connectivity index (χ2n) is 3.34. The number of aromatic hydroxyl groups is 2.